The van der Waals surface area contributed by atoms with Crippen molar-refractivity contribution in [1.29, 1.82) is 0 Å². The molecule has 0 aliphatic heterocycles. The second-order valence-corrected chi connectivity index (χ2v) is 10.3. The van der Waals surface area contributed by atoms with Gasteiger partial charge in [-0.25, -0.2) is 4.79 Å². The van der Waals surface area contributed by atoms with Gasteiger partial charge in [-0.3, -0.25) is 9.59 Å². The number of carbonyl (C=O) groups is 3. The average molecular weight is 520 g/mol. The van der Waals surface area contributed by atoms with Crippen molar-refractivity contribution in [3.05, 3.63) is 65.2 Å². The van der Waals surface area contributed by atoms with Gasteiger partial charge in [-0.1, -0.05) is 68.9 Å². The lowest BCUT2D eigenvalue weighted by Crippen LogP contribution is -2.47. The molecule has 2 rings (SSSR count). The van der Waals surface area contributed by atoms with Crippen molar-refractivity contribution in [2.24, 2.45) is 0 Å². The van der Waals surface area contributed by atoms with Crippen LogP contribution in [0.3, 0.4) is 0 Å². The molecule has 0 heterocycles. The lowest BCUT2D eigenvalue weighted by molar-refractivity contribution is -0.138. The Balaban J connectivity index is 2.37. The molecule has 3 amide bonds. The predicted molar refractivity (Wildman–Crippen MR) is 152 cm³/mol. The maximum Gasteiger partial charge on any atom is 0.408 e. The van der Waals surface area contributed by atoms with Crippen LogP contribution >= 0.6 is 0 Å². The fraction of sp³-hybridized carbons (Fsp3) is 0.452. The first-order valence-electron chi connectivity index (χ1n) is 13.2. The summed E-state index contributed by atoms with van der Waals surface area (Å²) >= 11 is 0. The molecule has 0 aliphatic carbocycles. The Hall–Kier alpha value is -3.79. The number of carbonyl (C=O) groups excluding carboxylic acids is 3. The van der Waals surface area contributed by atoms with Crippen molar-refractivity contribution >= 4 is 23.6 Å². The first-order chi connectivity index (χ1) is 18.1. The third kappa shape index (κ3) is 9.93. The van der Waals surface area contributed by atoms with Crippen LogP contribution in [-0.2, 0) is 14.3 Å². The van der Waals surface area contributed by atoms with Crippen LogP contribution in [0.1, 0.15) is 82.5 Å². The lowest BCUT2D eigenvalue weighted by Gasteiger charge is -2.32. The minimum atomic E-state index is -0.916. The number of ether oxygens (including phenoxy) is 1. The summed E-state index contributed by atoms with van der Waals surface area (Å²) < 4.78 is 5.28. The molecule has 0 radical (unpaired) electrons. The number of unbranched alkanes of at least 4 members (excludes halogenated alkanes) is 4. The summed E-state index contributed by atoms with van der Waals surface area (Å²) in [5.74, 6) is 1.87. The summed E-state index contributed by atoms with van der Waals surface area (Å²) in [6.45, 7) is 9.38. The van der Waals surface area contributed by atoms with Gasteiger partial charge in [0.25, 0.3) is 5.91 Å². The van der Waals surface area contributed by atoms with Crippen LogP contribution in [0.5, 0.6) is 0 Å². The third-order valence-electron chi connectivity index (χ3n) is 5.96. The van der Waals surface area contributed by atoms with Gasteiger partial charge in [-0.2, -0.15) is 0 Å². The van der Waals surface area contributed by atoms with Crippen LogP contribution in [0.2, 0.25) is 0 Å². The molecule has 0 fully saturated rings. The van der Waals surface area contributed by atoms with Gasteiger partial charge >= 0.3 is 6.09 Å². The van der Waals surface area contributed by atoms with Gasteiger partial charge in [0.2, 0.25) is 5.91 Å². The number of anilines is 1. The van der Waals surface area contributed by atoms with Crippen molar-refractivity contribution in [1.82, 2.24) is 10.2 Å². The summed E-state index contributed by atoms with van der Waals surface area (Å²) in [5.41, 5.74) is 2.20. The average Bonchev–Trinajstić information content (AvgIpc) is 2.87. The van der Waals surface area contributed by atoms with Crippen molar-refractivity contribution in [2.75, 3.05) is 18.4 Å². The summed E-state index contributed by atoms with van der Waals surface area (Å²) in [6, 6.07) is 13.6. The normalized spacial score (nSPS) is 11.7. The van der Waals surface area contributed by atoms with Crippen molar-refractivity contribution in [3.8, 4) is 12.3 Å². The summed E-state index contributed by atoms with van der Waals surface area (Å²) in [5, 5.41) is 5.54. The number of nitrogens with zero attached hydrogens (tertiary/aromatic N) is 1. The van der Waals surface area contributed by atoms with E-state index in [2.05, 4.69) is 23.5 Å². The number of hydrogen-bond acceptors (Lipinski definition) is 4. The highest BCUT2D eigenvalue weighted by molar-refractivity contribution is 5.98. The van der Waals surface area contributed by atoms with Gasteiger partial charge < -0.3 is 20.3 Å². The Labute approximate surface area is 227 Å². The molecule has 1 unspecified atom stereocenters. The standard InChI is InChI=1S/C31H41N3O4/c1-7-9-10-11-14-21-34(27(35)22-32-30(37)38-31(4,5)6)28(25-19-17-24(8-2)18-20-25)29(36)33-26-16-13-12-15-23(26)3/h2,12-13,15-20,28H,7,9-11,14,21-22H2,1,3-6H3,(H,32,37)(H,33,36). The van der Waals surface area contributed by atoms with E-state index >= 15 is 0 Å². The summed E-state index contributed by atoms with van der Waals surface area (Å²) in [7, 11) is 0. The first-order valence-corrected chi connectivity index (χ1v) is 13.2. The van der Waals surface area contributed by atoms with E-state index in [4.69, 9.17) is 11.2 Å². The van der Waals surface area contributed by atoms with Gasteiger partial charge in [0.15, 0.2) is 0 Å². The molecule has 0 aromatic heterocycles. The molecule has 0 saturated heterocycles. The highest BCUT2D eigenvalue weighted by Gasteiger charge is 2.32. The zero-order chi connectivity index (χ0) is 28.1. The van der Waals surface area contributed by atoms with Gasteiger partial charge in [-0.15, -0.1) is 6.42 Å². The molecule has 38 heavy (non-hydrogen) atoms. The molecule has 204 valence electrons. The fourth-order valence-electron chi connectivity index (χ4n) is 4.00. The molecule has 1 atom stereocenters. The fourth-order valence-corrected chi connectivity index (χ4v) is 4.00. The third-order valence-corrected chi connectivity index (χ3v) is 5.96. The Bertz CT molecular complexity index is 1110. The second kappa shape index (κ2) is 14.8. The van der Waals surface area contributed by atoms with Crippen molar-refractivity contribution < 1.29 is 19.1 Å². The molecule has 7 nitrogen and oxygen atoms in total. The predicted octanol–water partition coefficient (Wildman–Crippen LogP) is 5.98. The van der Waals surface area contributed by atoms with E-state index in [-0.39, 0.29) is 18.4 Å². The largest absolute Gasteiger partial charge is 0.444 e. The van der Waals surface area contributed by atoms with Crippen LogP contribution in [-0.4, -0.2) is 41.5 Å². The quantitative estimate of drug-likeness (QED) is 0.267. The highest BCUT2D eigenvalue weighted by Crippen LogP contribution is 2.26. The molecular formula is C31H41N3O4. The monoisotopic (exact) mass is 519 g/mol. The molecule has 0 aliphatic rings. The number of nitrogens with one attached hydrogen (secondary N) is 2. The number of rotatable bonds is 12. The maximum atomic E-state index is 13.8. The van der Waals surface area contributed by atoms with Gasteiger partial charge in [-0.05, 0) is 63.4 Å². The van der Waals surface area contributed by atoms with Gasteiger partial charge in [0.05, 0.1) is 0 Å². The van der Waals surface area contributed by atoms with E-state index in [1.54, 1.807) is 49.9 Å². The van der Waals surface area contributed by atoms with Crippen LogP contribution in [0.4, 0.5) is 10.5 Å². The number of aryl methyl sites for hydroxylation is 1. The van der Waals surface area contributed by atoms with Gasteiger partial charge in [0, 0.05) is 17.8 Å². The Morgan fingerprint density at radius 3 is 2.26 bits per heavy atom. The number of para-hydroxylation sites is 1. The van der Waals surface area contributed by atoms with Gasteiger partial charge in [0.1, 0.15) is 18.2 Å². The van der Waals surface area contributed by atoms with E-state index < -0.39 is 17.7 Å². The Morgan fingerprint density at radius 2 is 1.66 bits per heavy atom. The van der Waals surface area contributed by atoms with Crippen LogP contribution in [0, 0.1) is 19.3 Å². The Kier molecular flexibility index (Phi) is 11.9. The number of hydrogen-bond donors (Lipinski definition) is 2. The van der Waals surface area contributed by atoms with Crippen LogP contribution in [0.25, 0.3) is 0 Å². The zero-order valence-electron chi connectivity index (χ0n) is 23.3. The molecular weight excluding hydrogens is 478 g/mol. The number of benzene rings is 2. The molecule has 0 saturated carbocycles. The van der Waals surface area contributed by atoms with Crippen LogP contribution < -0.4 is 10.6 Å². The second-order valence-electron chi connectivity index (χ2n) is 10.3. The molecule has 7 heteroatoms. The highest BCUT2D eigenvalue weighted by atomic mass is 16.6. The van der Waals surface area contributed by atoms with E-state index in [0.29, 0.717) is 23.4 Å². The molecule has 0 bridgehead atoms. The molecule has 0 spiro atoms. The summed E-state index contributed by atoms with van der Waals surface area (Å²) in [4.78, 5) is 41.1. The number of amides is 3. The van der Waals surface area contributed by atoms with Crippen molar-refractivity contribution in [2.45, 2.75) is 78.4 Å². The van der Waals surface area contributed by atoms with Crippen molar-refractivity contribution in [3.63, 3.8) is 0 Å². The number of terminal acetylenes is 1. The van der Waals surface area contributed by atoms with Crippen LogP contribution in [0.15, 0.2) is 48.5 Å². The smallest absolute Gasteiger partial charge is 0.408 e. The SMILES string of the molecule is C#Cc1ccc(C(C(=O)Nc2ccccc2C)N(CCCCCCC)C(=O)CNC(=O)OC(C)(C)C)cc1. The Morgan fingerprint density at radius 1 is 1.00 bits per heavy atom. The minimum absolute atomic E-state index is 0.291. The summed E-state index contributed by atoms with van der Waals surface area (Å²) in [6.07, 6.45) is 9.77. The van der Waals surface area contributed by atoms with E-state index in [0.717, 1.165) is 37.7 Å². The maximum absolute atomic E-state index is 13.8. The first kappa shape index (κ1) is 30.4. The minimum Gasteiger partial charge on any atom is -0.444 e. The lowest BCUT2D eigenvalue weighted by atomic mass is 10.0. The zero-order valence-corrected chi connectivity index (χ0v) is 23.3. The van der Waals surface area contributed by atoms with E-state index in [1.807, 2.05) is 31.2 Å². The van der Waals surface area contributed by atoms with E-state index in [9.17, 15) is 14.4 Å². The molecule has 2 aromatic rings. The topological polar surface area (TPSA) is 87.7 Å². The molecule has 2 aromatic carbocycles. The number of alkyl carbamates (subject to hydrolysis) is 1. The molecule has 2 N–H and O–H groups in total. The van der Waals surface area contributed by atoms with E-state index in [1.165, 1.54) is 0 Å².